The Bertz CT molecular complexity index is 532. The fourth-order valence-electron chi connectivity index (χ4n) is 1.62. The molecule has 0 aliphatic heterocycles. The topological polar surface area (TPSA) is 37.4 Å². The first-order valence-corrected chi connectivity index (χ1v) is 7.83. The fraction of sp³-hybridized carbons (Fsp3) is 0.385. The third kappa shape index (κ3) is 3.22. The van der Waals surface area contributed by atoms with Gasteiger partial charge in [0.05, 0.1) is 4.90 Å². The predicted molar refractivity (Wildman–Crippen MR) is 78.0 cm³/mol. The van der Waals surface area contributed by atoms with Gasteiger partial charge in [0.2, 0.25) is 10.0 Å². The van der Waals surface area contributed by atoms with Gasteiger partial charge < -0.3 is 0 Å². The van der Waals surface area contributed by atoms with Crippen LogP contribution in [0.3, 0.4) is 0 Å². The van der Waals surface area contributed by atoms with E-state index in [0.717, 1.165) is 0 Å². The molecule has 0 heterocycles. The molecule has 1 aromatic carbocycles. The van der Waals surface area contributed by atoms with Crippen LogP contribution in [-0.4, -0.2) is 24.8 Å². The second kappa shape index (κ2) is 5.55. The molecule has 0 aromatic heterocycles. The van der Waals surface area contributed by atoms with Crippen molar-refractivity contribution in [2.45, 2.75) is 31.2 Å². The average Bonchev–Trinajstić information content (AvgIpc) is 2.24. The second-order valence-corrected chi connectivity index (χ2v) is 7.61. The molecule has 0 spiro atoms. The van der Waals surface area contributed by atoms with Gasteiger partial charge in [-0.1, -0.05) is 18.2 Å². The van der Waals surface area contributed by atoms with E-state index in [-0.39, 0.29) is 11.4 Å². The minimum Gasteiger partial charge on any atom is -0.207 e. The maximum absolute atomic E-state index is 12.6. The zero-order chi connectivity index (χ0) is 14.0. The molecule has 0 radical (unpaired) electrons. The van der Waals surface area contributed by atoms with Crippen molar-refractivity contribution < 1.29 is 8.42 Å². The van der Waals surface area contributed by atoms with Gasteiger partial charge in [0.25, 0.3) is 0 Å². The summed E-state index contributed by atoms with van der Waals surface area (Å²) >= 11 is 3.29. The normalized spacial score (nSPS) is 12.7. The van der Waals surface area contributed by atoms with Crippen molar-refractivity contribution in [2.75, 3.05) is 6.54 Å². The van der Waals surface area contributed by atoms with Gasteiger partial charge in [-0.25, -0.2) is 8.42 Å². The van der Waals surface area contributed by atoms with Crippen LogP contribution in [0.5, 0.6) is 0 Å². The van der Waals surface area contributed by atoms with E-state index in [1.807, 2.05) is 20.8 Å². The molecule has 18 heavy (non-hydrogen) atoms. The summed E-state index contributed by atoms with van der Waals surface area (Å²) in [6, 6.07) is 6.83. The van der Waals surface area contributed by atoms with E-state index in [2.05, 4.69) is 22.5 Å². The van der Waals surface area contributed by atoms with E-state index in [0.29, 0.717) is 4.47 Å². The number of halogens is 1. The maximum Gasteiger partial charge on any atom is 0.244 e. The molecule has 0 aliphatic rings. The minimum absolute atomic E-state index is 0.279. The third-order valence-electron chi connectivity index (χ3n) is 2.45. The first-order chi connectivity index (χ1) is 8.21. The van der Waals surface area contributed by atoms with E-state index in [4.69, 9.17) is 0 Å². The SMILES string of the molecule is C=CCN(C(C)(C)C)S(=O)(=O)c1ccccc1Br. The lowest BCUT2D eigenvalue weighted by atomic mass is 10.1. The Morgan fingerprint density at radius 3 is 2.33 bits per heavy atom. The minimum atomic E-state index is -3.54. The molecule has 0 bridgehead atoms. The highest BCUT2D eigenvalue weighted by atomic mass is 79.9. The largest absolute Gasteiger partial charge is 0.244 e. The monoisotopic (exact) mass is 331 g/mol. The van der Waals surface area contributed by atoms with Crippen molar-refractivity contribution in [3.05, 3.63) is 41.4 Å². The molecule has 1 rings (SSSR count). The van der Waals surface area contributed by atoms with Crippen LogP contribution in [-0.2, 0) is 10.0 Å². The van der Waals surface area contributed by atoms with Crippen LogP contribution in [0.2, 0.25) is 0 Å². The lowest BCUT2D eigenvalue weighted by Crippen LogP contribution is -2.45. The van der Waals surface area contributed by atoms with Gasteiger partial charge >= 0.3 is 0 Å². The molecular formula is C13H18BrNO2S. The highest BCUT2D eigenvalue weighted by Crippen LogP contribution is 2.29. The van der Waals surface area contributed by atoms with E-state index in [1.54, 1.807) is 30.3 Å². The zero-order valence-electron chi connectivity index (χ0n) is 10.9. The van der Waals surface area contributed by atoms with Crippen LogP contribution in [0.1, 0.15) is 20.8 Å². The average molecular weight is 332 g/mol. The van der Waals surface area contributed by atoms with Crippen molar-refractivity contribution >= 4 is 26.0 Å². The highest BCUT2D eigenvalue weighted by molar-refractivity contribution is 9.10. The Labute approximate surface area is 118 Å². The van der Waals surface area contributed by atoms with E-state index >= 15 is 0 Å². The van der Waals surface area contributed by atoms with Gasteiger partial charge in [-0.2, -0.15) is 4.31 Å². The first kappa shape index (κ1) is 15.4. The molecule has 100 valence electrons. The van der Waals surface area contributed by atoms with Gasteiger partial charge in [0.15, 0.2) is 0 Å². The van der Waals surface area contributed by atoms with Crippen LogP contribution in [0.15, 0.2) is 46.3 Å². The van der Waals surface area contributed by atoms with Crippen molar-refractivity contribution in [1.29, 1.82) is 0 Å². The Kier molecular flexibility index (Phi) is 4.75. The van der Waals surface area contributed by atoms with Gasteiger partial charge in [-0.3, -0.25) is 0 Å². The number of hydrogen-bond donors (Lipinski definition) is 0. The summed E-state index contributed by atoms with van der Waals surface area (Å²) in [6.45, 7) is 9.51. The summed E-state index contributed by atoms with van der Waals surface area (Å²) < 4.78 is 27.3. The Hall–Kier alpha value is -0.650. The summed E-state index contributed by atoms with van der Waals surface area (Å²) in [5.74, 6) is 0. The molecule has 3 nitrogen and oxygen atoms in total. The maximum atomic E-state index is 12.6. The van der Waals surface area contributed by atoms with Crippen molar-refractivity contribution in [1.82, 2.24) is 4.31 Å². The predicted octanol–water partition coefficient (Wildman–Crippen LogP) is 3.42. The van der Waals surface area contributed by atoms with Crippen LogP contribution >= 0.6 is 15.9 Å². The van der Waals surface area contributed by atoms with Crippen LogP contribution in [0.25, 0.3) is 0 Å². The summed E-state index contributed by atoms with van der Waals surface area (Å²) in [6.07, 6.45) is 1.60. The number of rotatable bonds is 4. The van der Waals surface area contributed by atoms with E-state index < -0.39 is 15.6 Å². The summed E-state index contributed by atoms with van der Waals surface area (Å²) in [5.41, 5.74) is -0.498. The lowest BCUT2D eigenvalue weighted by molar-refractivity contribution is 0.269. The Balaban J connectivity index is 3.35. The molecule has 0 amide bonds. The zero-order valence-corrected chi connectivity index (χ0v) is 13.3. The molecular weight excluding hydrogens is 314 g/mol. The van der Waals surface area contributed by atoms with Gasteiger partial charge in [-0.05, 0) is 48.8 Å². The van der Waals surface area contributed by atoms with Crippen molar-refractivity contribution in [3.63, 3.8) is 0 Å². The first-order valence-electron chi connectivity index (χ1n) is 5.59. The molecule has 0 saturated heterocycles. The molecule has 0 aliphatic carbocycles. The number of sulfonamides is 1. The van der Waals surface area contributed by atoms with Crippen molar-refractivity contribution in [3.8, 4) is 0 Å². The molecule has 0 atom stereocenters. The summed E-state index contributed by atoms with van der Waals surface area (Å²) in [7, 11) is -3.54. The quantitative estimate of drug-likeness (QED) is 0.792. The number of benzene rings is 1. The lowest BCUT2D eigenvalue weighted by Gasteiger charge is -2.33. The van der Waals surface area contributed by atoms with Crippen LogP contribution in [0.4, 0.5) is 0 Å². The molecule has 0 fully saturated rings. The number of nitrogens with zero attached hydrogens (tertiary/aromatic N) is 1. The molecule has 0 N–H and O–H groups in total. The third-order valence-corrected chi connectivity index (χ3v) is 5.59. The standard InChI is InChI=1S/C13H18BrNO2S/c1-5-10-15(13(2,3)4)18(16,17)12-9-7-6-8-11(12)14/h5-9H,1,10H2,2-4H3. The van der Waals surface area contributed by atoms with Crippen LogP contribution < -0.4 is 0 Å². The van der Waals surface area contributed by atoms with Crippen molar-refractivity contribution in [2.24, 2.45) is 0 Å². The smallest absolute Gasteiger partial charge is 0.207 e. The molecule has 0 unspecified atom stereocenters. The molecule has 0 saturated carbocycles. The van der Waals surface area contributed by atoms with Gasteiger partial charge in [0.1, 0.15) is 0 Å². The highest BCUT2D eigenvalue weighted by Gasteiger charge is 2.33. The van der Waals surface area contributed by atoms with E-state index in [9.17, 15) is 8.42 Å². The fourth-order valence-corrected chi connectivity index (χ4v) is 4.35. The molecule has 5 heteroatoms. The molecule has 1 aromatic rings. The van der Waals surface area contributed by atoms with E-state index in [1.165, 1.54) is 4.31 Å². The Morgan fingerprint density at radius 1 is 1.33 bits per heavy atom. The van der Waals surface area contributed by atoms with Gasteiger partial charge in [-0.15, -0.1) is 6.58 Å². The summed E-state index contributed by atoms with van der Waals surface area (Å²) in [4.78, 5) is 0.279. The van der Waals surface area contributed by atoms with Gasteiger partial charge in [0, 0.05) is 16.6 Å². The second-order valence-electron chi connectivity index (χ2n) is 4.93. The van der Waals surface area contributed by atoms with Crippen LogP contribution in [0, 0.1) is 0 Å². The number of hydrogen-bond acceptors (Lipinski definition) is 2. The summed E-state index contributed by atoms with van der Waals surface area (Å²) in [5, 5.41) is 0. The Morgan fingerprint density at radius 2 is 1.89 bits per heavy atom.